The molecule has 0 atom stereocenters. The maximum absolute atomic E-state index is 13.4. The number of Topliss-reactive ketones (excluding diaryl/α,β-unsaturated/α-hetero) is 1. The summed E-state index contributed by atoms with van der Waals surface area (Å²) in [7, 11) is 1.84. The van der Waals surface area contributed by atoms with Crippen LogP contribution in [0.2, 0.25) is 0 Å². The Bertz CT molecular complexity index is 1460. The monoisotopic (exact) mass is 461 g/mol. The van der Waals surface area contributed by atoms with Gasteiger partial charge in [-0.1, -0.05) is 36.0 Å². The molecule has 0 radical (unpaired) electrons. The van der Waals surface area contributed by atoms with Gasteiger partial charge in [0.25, 0.3) is 0 Å². The van der Waals surface area contributed by atoms with E-state index in [9.17, 15) is 13.6 Å². The molecule has 0 aliphatic rings. The summed E-state index contributed by atoms with van der Waals surface area (Å²) in [6, 6.07) is 17.5. The zero-order valence-corrected chi connectivity index (χ0v) is 18.2. The summed E-state index contributed by atoms with van der Waals surface area (Å²) in [5.41, 5.74) is 3.50. The molecule has 9 heteroatoms. The third kappa shape index (κ3) is 4.27. The number of hydrogen-bond acceptors (Lipinski definition) is 5. The minimum atomic E-state index is -0.377. The summed E-state index contributed by atoms with van der Waals surface area (Å²) < 4.78 is 28.3. The maximum atomic E-state index is 13.4. The van der Waals surface area contributed by atoms with Gasteiger partial charge in [-0.15, -0.1) is 10.2 Å². The third-order valence-electron chi connectivity index (χ3n) is 5.19. The van der Waals surface area contributed by atoms with Crippen molar-refractivity contribution < 1.29 is 13.6 Å². The lowest BCUT2D eigenvalue weighted by Crippen LogP contribution is -2.04. The fourth-order valence-electron chi connectivity index (χ4n) is 3.44. The average molecular weight is 461 g/mol. The summed E-state index contributed by atoms with van der Waals surface area (Å²) in [6.07, 6.45) is 0. The van der Waals surface area contributed by atoms with Gasteiger partial charge in [0, 0.05) is 23.7 Å². The predicted octanol–water partition coefficient (Wildman–Crippen LogP) is 5.28. The average Bonchev–Trinajstić information content (AvgIpc) is 3.41. The number of aromatic nitrogens is 5. The van der Waals surface area contributed by atoms with Crippen LogP contribution in [-0.4, -0.2) is 36.3 Å². The van der Waals surface area contributed by atoms with Gasteiger partial charge in [-0.05, 0) is 42.5 Å². The zero-order chi connectivity index (χ0) is 22.9. The van der Waals surface area contributed by atoms with Gasteiger partial charge in [-0.2, -0.15) is 0 Å². The van der Waals surface area contributed by atoms with Gasteiger partial charge < -0.3 is 9.55 Å². The lowest BCUT2D eigenvalue weighted by molar-refractivity contribution is 0.102. The molecule has 5 aromatic rings. The van der Waals surface area contributed by atoms with E-state index < -0.39 is 0 Å². The van der Waals surface area contributed by atoms with Crippen molar-refractivity contribution in [3.8, 4) is 22.8 Å². The van der Waals surface area contributed by atoms with Gasteiger partial charge in [0.1, 0.15) is 17.5 Å². The van der Waals surface area contributed by atoms with Crippen LogP contribution < -0.4 is 0 Å². The number of hydrogen-bond donors (Lipinski definition) is 1. The number of H-pyrrole nitrogens is 1. The number of imidazole rings is 1. The Kier molecular flexibility index (Phi) is 5.47. The van der Waals surface area contributed by atoms with Crippen LogP contribution in [0.25, 0.3) is 33.8 Å². The van der Waals surface area contributed by atoms with Gasteiger partial charge >= 0.3 is 0 Å². The van der Waals surface area contributed by atoms with E-state index in [4.69, 9.17) is 0 Å². The van der Waals surface area contributed by atoms with Gasteiger partial charge in [0.2, 0.25) is 0 Å². The van der Waals surface area contributed by atoms with Crippen LogP contribution in [0.15, 0.2) is 71.9 Å². The van der Waals surface area contributed by atoms with Crippen molar-refractivity contribution >= 4 is 28.6 Å². The quantitative estimate of drug-likeness (QED) is 0.275. The maximum Gasteiger partial charge on any atom is 0.191 e. The fraction of sp³-hybridized carbons (Fsp3) is 0.0833. The van der Waals surface area contributed by atoms with E-state index in [1.807, 2.05) is 35.9 Å². The highest BCUT2D eigenvalue weighted by molar-refractivity contribution is 7.99. The molecule has 0 aliphatic heterocycles. The van der Waals surface area contributed by atoms with E-state index in [1.54, 1.807) is 6.07 Å². The lowest BCUT2D eigenvalue weighted by atomic mass is 10.1. The highest BCUT2D eigenvalue weighted by atomic mass is 32.2. The number of benzene rings is 3. The Labute approximate surface area is 191 Å². The second kappa shape index (κ2) is 8.59. The predicted molar refractivity (Wildman–Crippen MR) is 123 cm³/mol. The number of nitrogens with one attached hydrogen (secondary N) is 1. The number of rotatable bonds is 6. The molecule has 0 saturated carbocycles. The normalized spacial score (nSPS) is 11.2. The number of thioether (sulfide) groups is 1. The fourth-order valence-corrected chi connectivity index (χ4v) is 4.24. The molecule has 2 heterocycles. The molecular weight excluding hydrogens is 444 g/mol. The minimum absolute atomic E-state index is 0.111. The van der Waals surface area contributed by atoms with Crippen LogP contribution in [0.3, 0.4) is 0 Å². The van der Waals surface area contributed by atoms with Crippen LogP contribution in [0, 0.1) is 11.6 Å². The molecule has 3 aromatic carbocycles. The number of ketones is 1. The highest BCUT2D eigenvalue weighted by Gasteiger charge is 2.15. The van der Waals surface area contributed by atoms with Crippen molar-refractivity contribution in [1.29, 1.82) is 0 Å². The molecule has 0 fully saturated rings. The lowest BCUT2D eigenvalue weighted by Gasteiger charge is -2.05. The molecule has 33 heavy (non-hydrogen) atoms. The summed E-state index contributed by atoms with van der Waals surface area (Å²) in [4.78, 5) is 20.0. The number of carbonyl (C=O) groups excluding carboxylic acids is 1. The summed E-state index contributed by atoms with van der Waals surface area (Å²) in [5.74, 6) is 0.671. The molecule has 0 unspecified atom stereocenters. The van der Waals surface area contributed by atoms with Gasteiger partial charge in [-0.3, -0.25) is 4.79 Å². The number of aromatic amines is 1. The SMILES string of the molecule is Cn1c(SCC(=O)c2ccc(F)cc2)nnc1-c1ccc(-c2nc3ccc(F)cc3[nH]2)cc1. The summed E-state index contributed by atoms with van der Waals surface area (Å²) >= 11 is 1.27. The van der Waals surface area contributed by atoms with Crippen LogP contribution in [0.4, 0.5) is 8.78 Å². The van der Waals surface area contributed by atoms with Crippen molar-refractivity contribution in [2.24, 2.45) is 7.05 Å². The van der Waals surface area contributed by atoms with E-state index in [2.05, 4.69) is 20.2 Å². The van der Waals surface area contributed by atoms with E-state index in [0.29, 0.717) is 33.4 Å². The minimum Gasteiger partial charge on any atom is -0.338 e. The molecule has 164 valence electrons. The van der Waals surface area contributed by atoms with Gasteiger partial charge in [0.15, 0.2) is 16.8 Å². The second-order valence-electron chi connectivity index (χ2n) is 7.41. The first kappa shape index (κ1) is 21.0. The number of fused-ring (bicyclic) bond motifs is 1. The van der Waals surface area contributed by atoms with Crippen molar-refractivity contribution in [2.75, 3.05) is 5.75 Å². The van der Waals surface area contributed by atoms with Crippen LogP contribution in [0.1, 0.15) is 10.4 Å². The van der Waals surface area contributed by atoms with Crippen molar-refractivity contribution in [1.82, 2.24) is 24.7 Å². The molecule has 0 amide bonds. The molecule has 0 bridgehead atoms. The van der Waals surface area contributed by atoms with Crippen molar-refractivity contribution in [3.05, 3.63) is 83.9 Å². The largest absolute Gasteiger partial charge is 0.338 e. The summed E-state index contributed by atoms with van der Waals surface area (Å²) in [5, 5.41) is 9.06. The first-order chi connectivity index (χ1) is 16.0. The standard InChI is InChI=1S/C24H17F2N5OS/c1-31-23(29-30-24(31)33-13-21(32)14-6-8-17(25)9-7-14)16-4-2-15(3-5-16)22-27-19-11-10-18(26)12-20(19)28-22/h2-12H,13H2,1H3,(H,27,28). The Morgan fingerprint density at radius 3 is 2.39 bits per heavy atom. The second-order valence-corrected chi connectivity index (χ2v) is 8.35. The Balaban J connectivity index is 1.31. The first-order valence-corrected chi connectivity index (χ1v) is 11.0. The topological polar surface area (TPSA) is 76.5 Å². The number of carbonyl (C=O) groups is 1. The van der Waals surface area contributed by atoms with Crippen molar-refractivity contribution in [2.45, 2.75) is 5.16 Å². The number of nitrogens with zero attached hydrogens (tertiary/aromatic N) is 4. The van der Waals surface area contributed by atoms with E-state index >= 15 is 0 Å². The first-order valence-electron chi connectivity index (χ1n) is 10.0. The van der Waals surface area contributed by atoms with E-state index in [0.717, 1.165) is 11.1 Å². The van der Waals surface area contributed by atoms with Crippen LogP contribution >= 0.6 is 11.8 Å². The number of halogens is 2. The van der Waals surface area contributed by atoms with E-state index in [-0.39, 0.29) is 23.2 Å². The highest BCUT2D eigenvalue weighted by Crippen LogP contribution is 2.26. The van der Waals surface area contributed by atoms with Crippen LogP contribution in [0.5, 0.6) is 0 Å². The molecule has 0 saturated heterocycles. The summed E-state index contributed by atoms with van der Waals surface area (Å²) in [6.45, 7) is 0. The Morgan fingerprint density at radius 2 is 1.64 bits per heavy atom. The smallest absolute Gasteiger partial charge is 0.191 e. The molecule has 2 aromatic heterocycles. The molecule has 5 rings (SSSR count). The zero-order valence-electron chi connectivity index (χ0n) is 17.4. The molecule has 0 spiro atoms. The molecule has 0 aliphatic carbocycles. The molecular formula is C24H17F2N5OS. The Hall–Kier alpha value is -3.85. The molecule has 6 nitrogen and oxygen atoms in total. The third-order valence-corrected chi connectivity index (χ3v) is 6.21. The van der Waals surface area contributed by atoms with Crippen LogP contribution in [-0.2, 0) is 7.05 Å². The van der Waals surface area contributed by atoms with E-state index in [1.165, 1.54) is 48.2 Å². The van der Waals surface area contributed by atoms with Gasteiger partial charge in [-0.25, -0.2) is 13.8 Å². The Morgan fingerprint density at radius 1 is 0.939 bits per heavy atom. The molecule has 1 N–H and O–H groups in total. The van der Waals surface area contributed by atoms with Gasteiger partial charge in [0.05, 0.1) is 16.8 Å². The van der Waals surface area contributed by atoms with Crippen molar-refractivity contribution in [3.63, 3.8) is 0 Å².